The van der Waals surface area contributed by atoms with E-state index in [0.717, 1.165) is 17.5 Å². The highest BCUT2D eigenvalue weighted by molar-refractivity contribution is 6.06. The van der Waals surface area contributed by atoms with Crippen molar-refractivity contribution in [1.29, 1.82) is 0 Å². The molecule has 4 nitrogen and oxygen atoms in total. The number of carbonyl (C=O) groups excluding carboxylic acids is 2. The summed E-state index contributed by atoms with van der Waals surface area (Å²) in [5.41, 5.74) is 1.82. The molecule has 2 rings (SSSR count). The van der Waals surface area contributed by atoms with E-state index in [1.54, 1.807) is 33.8 Å². The van der Waals surface area contributed by atoms with E-state index in [2.05, 4.69) is 5.32 Å². The Kier molecular flexibility index (Phi) is 7.17. The molecule has 156 valence electrons. The Bertz CT molecular complexity index is 899. The topological polar surface area (TPSA) is 55.4 Å². The molecule has 0 heterocycles. The maximum atomic E-state index is 15.1. The van der Waals surface area contributed by atoms with Crippen molar-refractivity contribution >= 4 is 17.6 Å². The third-order valence-electron chi connectivity index (χ3n) is 4.70. The van der Waals surface area contributed by atoms with Gasteiger partial charge in [-0.15, -0.1) is 0 Å². The Labute approximate surface area is 172 Å². The van der Waals surface area contributed by atoms with Gasteiger partial charge in [-0.1, -0.05) is 45.0 Å². The van der Waals surface area contributed by atoms with Crippen LogP contribution < -0.4 is 5.32 Å². The molecule has 2 aromatic rings. The van der Waals surface area contributed by atoms with Crippen LogP contribution in [-0.4, -0.2) is 17.5 Å². The second kappa shape index (κ2) is 9.21. The number of rotatable bonds is 6. The normalized spacial score (nSPS) is 12.4. The number of carbonyl (C=O) groups is 2. The second-order valence-corrected chi connectivity index (χ2v) is 8.23. The van der Waals surface area contributed by atoms with Gasteiger partial charge in [0.15, 0.2) is 5.78 Å². The van der Waals surface area contributed by atoms with E-state index < -0.39 is 17.5 Å². The minimum absolute atomic E-state index is 0.111. The van der Waals surface area contributed by atoms with Crippen LogP contribution >= 0.6 is 0 Å². The molecular formula is C24H30FNO3. The first-order valence-electron chi connectivity index (χ1n) is 10.0. The van der Waals surface area contributed by atoms with Crippen molar-refractivity contribution in [3.05, 3.63) is 53.3 Å². The van der Waals surface area contributed by atoms with Crippen LogP contribution in [0.5, 0.6) is 0 Å². The average Bonchev–Trinajstić information content (AvgIpc) is 2.65. The molecular weight excluding hydrogens is 369 g/mol. The Hall–Kier alpha value is -2.69. The number of ketones is 1. The molecule has 1 unspecified atom stereocenters. The molecule has 5 heteroatoms. The lowest BCUT2D eigenvalue weighted by atomic mass is 9.92. The van der Waals surface area contributed by atoms with Gasteiger partial charge in [-0.2, -0.15) is 0 Å². The Morgan fingerprint density at radius 2 is 1.79 bits per heavy atom. The zero-order valence-electron chi connectivity index (χ0n) is 18.1. The molecule has 29 heavy (non-hydrogen) atoms. The fourth-order valence-corrected chi connectivity index (χ4v) is 2.94. The molecule has 0 aliphatic rings. The number of hydrogen-bond acceptors (Lipinski definition) is 3. The molecule has 0 fully saturated rings. The Morgan fingerprint density at radius 1 is 1.10 bits per heavy atom. The number of halogens is 1. The average molecular weight is 400 g/mol. The predicted molar refractivity (Wildman–Crippen MR) is 115 cm³/mol. The molecule has 0 aromatic heterocycles. The monoisotopic (exact) mass is 399 g/mol. The smallest absolute Gasteiger partial charge is 0.412 e. The van der Waals surface area contributed by atoms with E-state index in [1.165, 1.54) is 6.07 Å². The van der Waals surface area contributed by atoms with Gasteiger partial charge in [-0.05, 0) is 62.4 Å². The van der Waals surface area contributed by atoms with Crippen LogP contribution in [0, 0.1) is 11.7 Å². The van der Waals surface area contributed by atoms with Crippen molar-refractivity contribution in [2.24, 2.45) is 5.92 Å². The summed E-state index contributed by atoms with van der Waals surface area (Å²) in [5, 5.41) is 2.58. The van der Waals surface area contributed by atoms with Crippen LogP contribution in [0.1, 0.15) is 63.9 Å². The zero-order valence-corrected chi connectivity index (χ0v) is 18.1. The van der Waals surface area contributed by atoms with Crippen LogP contribution in [0.25, 0.3) is 11.1 Å². The molecule has 0 spiro atoms. The van der Waals surface area contributed by atoms with Gasteiger partial charge in [-0.3, -0.25) is 10.1 Å². The summed E-state index contributed by atoms with van der Waals surface area (Å²) in [6, 6.07) is 10.7. The summed E-state index contributed by atoms with van der Waals surface area (Å²) in [6.07, 6.45) is 0.698. The maximum Gasteiger partial charge on any atom is 0.412 e. The van der Waals surface area contributed by atoms with Crippen molar-refractivity contribution in [2.45, 2.75) is 60.0 Å². The SMILES string of the molecule is CCc1cccc(-c2cc(F)c(C(=O)C(C)CC)c(NC(=O)OC(C)(C)C)c2)c1. The molecule has 0 aliphatic heterocycles. The van der Waals surface area contributed by atoms with Gasteiger partial charge in [0, 0.05) is 5.92 Å². The molecule has 2 aromatic carbocycles. The number of ether oxygens (including phenoxy) is 1. The minimum atomic E-state index is -0.727. The largest absolute Gasteiger partial charge is 0.444 e. The van der Waals surface area contributed by atoms with Gasteiger partial charge < -0.3 is 4.74 Å². The van der Waals surface area contributed by atoms with E-state index in [4.69, 9.17) is 4.74 Å². The predicted octanol–water partition coefficient (Wildman–Crippen LogP) is 6.63. The molecule has 0 radical (unpaired) electrons. The van der Waals surface area contributed by atoms with Crippen LogP contribution in [0.3, 0.4) is 0 Å². The number of hydrogen-bond donors (Lipinski definition) is 1. The fraction of sp³-hybridized carbons (Fsp3) is 0.417. The number of aryl methyl sites for hydroxylation is 1. The first-order chi connectivity index (χ1) is 13.6. The summed E-state index contributed by atoms with van der Waals surface area (Å²) >= 11 is 0. The van der Waals surface area contributed by atoms with Crippen molar-refractivity contribution in [1.82, 2.24) is 0 Å². The highest BCUT2D eigenvalue weighted by atomic mass is 19.1. The Balaban J connectivity index is 2.56. The number of anilines is 1. The van der Waals surface area contributed by atoms with Crippen molar-refractivity contribution in [3.8, 4) is 11.1 Å². The second-order valence-electron chi connectivity index (χ2n) is 8.23. The van der Waals surface area contributed by atoms with E-state index >= 15 is 4.39 Å². The molecule has 0 aliphatic carbocycles. The van der Waals surface area contributed by atoms with Crippen LogP contribution in [0.4, 0.5) is 14.9 Å². The zero-order chi connectivity index (χ0) is 21.8. The lowest BCUT2D eigenvalue weighted by Crippen LogP contribution is -2.28. The van der Waals surface area contributed by atoms with Gasteiger partial charge in [0.25, 0.3) is 0 Å². The standard InChI is InChI=1S/C24H30FNO3/c1-7-15(3)22(27)21-19(25)13-18(17-11-9-10-16(8-2)12-17)14-20(21)26-23(28)29-24(4,5)6/h9-15H,7-8H2,1-6H3,(H,26,28). The molecule has 1 atom stereocenters. The molecule has 0 saturated carbocycles. The summed E-state index contributed by atoms with van der Waals surface area (Å²) in [6.45, 7) is 10.9. The summed E-state index contributed by atoms with van der Waals surface area (Å²) in [7, 11) is 0. The molecule has 1 N–H and O–H groups in total. The van der Waals surface area contributed by atoms with Crippen molar-refractivity contribution < 1.29 is 18.7 Å². The van der Waals surface area contributed by atoms with Crippen LogP contribution in [0.2, 0.25) is 0 Å². The fourth-order valence-electron chi connectivity index (χ4n) is 2.94. The summed E-state index contributed by atoms with van der Waals surface area (Å²) in [4.78, 5) is 25.1. The number of nitrogens with one attached hydrogen (secondary N) is 1. The minimum Gasteiger partial charge on any atom is -0.444 e. The summed E-state index contributed by atoms with van der Waals surface area (Å²) in [5.74, 6) is -1.36. The van der Waals surface area contributed by atoms with Crippen LogP contribution in [-0.2, 0) is 11.2 Å². The maximum absolute atomic E-state index is 15.1. The van der Waals surface area contributed by atoms with E-state index in [-0.39, 0.29) is 23.0 Å². The first-order valence-corrected chi connectivity index (χ1v) is 10.0. The number of amides is 1. The van der Waals surface area contributed by atoms with E-state index in [0.29, 0.717) is 12.0 Å². The highest BCUT2D eigenvalue weighted by Crippen LogP contribution is 2.31. The Morgan fingerprint density at radius 3 is 2.38 bits per heavy atom. The molecule has 1 amide bonds. The van der Waals surface area contributed by atoms with Crippen LogP contribution in [0.15, 0.2) is 36.4 Å². The van der Waals surface area contributed by atoms with Gasteiger partial charge in [0.05, 0.1) is 11.3 Å². The highest BCUT2D eigenvalue weighted by Gasteiger charge is 2.25. The summed E-state index contributed by atoms with van der Waals surface area (Å²) < 4.78 is 20.4. The molecule has 0 saturated heterocycles. The third-order valence-corrected chi connectivity index (χ3v) is 4.70. The third kappa shape index (κ3) is 5.89. The van der Waals surface area contributed by atoms with Gasteiger partial charge in [0.1, 0.15) is 11.4 Å². The van der Waals surface area contributed by atoms with E-state index in [1.807, 2.05) is 38.1 Å². The van der Waals surface area contributed by atoms with Crippen molar-refractivity contribution in [3.63, 3.8) is 0 Å². The quantitative estimate of drug-likeness (QED) is 0.555. The lowest BCUT2D eigenvalue weighted by Gasteiger charge is -2.21. The lowest BCUT2D eigenvalue weighted by molar-refractivity contribution is 0.0636. The van der Waals surface area contributed by atoms with Gasteiger partial charge in [-0.25, -0.2) is 9.18 Å². The molecule has 0 bridgehead atoms. The van der Waals surface area contributed by atoms with Gasteiger partial charge >= 0.3 is 6.09 Å². The first kappa shape index (κ1) is 22.6. The number of Topliss-reactive ketones (excluding diaryl/α,β-unsaturated/α-hetero) is 1. The van der Waals surface area contributed by atoms with Gasteiger partial charge in [0.2, 0.25) is 0 Å². The number of benzene rings is 2. The van der Waals surface area contributed by atoms with E-state index in [9.17, 15) is 9.59 Å². The van der Waals surface area contributed by atoms with Crippen molar-refractivity contribution in [2.75, 3.05) is 5.32 Å².